The number of hydrogen-bond donors (Lipinski definition) is 1. The van der Waals surface area contributed by atoms with Gasteiger partial charge in [0.2, 0.25) is 0 Å². The monoisotopic (exact) mass is 277 g/mol. The van der Waals surface area contributed by atoms with Crippen LogP contribution in [0.5, 0.6) is 5.75 Å². The van der Waals surface area contributed by atoms with E-state index in [2.05, 4.69) is 15.9 Å². The van der Waals surface area contributed by atoms with Gasteiger partial charge in [0.25, 0.3) is 0 Å². The van der Waals surface area contributed by atoms with Crippen LogP contribution in [0.4, 0.5) is 4.39 Å². The van der Waals surface area contributed by atoms with Gasteiger partial charge in [-0.3, -0.25) is 0 Å². The third kappa shape index (κ3) is 3.44. The van der Waals surface area contributed by atoms with Gasteiger partial charge in [0.05, 0.1) is 11.1 Å². The molecule has 3 nitrogen and oxygen atoms in total. The summed E-state index contributed by atoms with van der Waals surface area (Å²) in [6, 6.07) is 3.11. The van der Waals surface area contributed by atoms with Gasteiger partial charge in [0, 0.05) is 13.7 Å². The van der Waals surface area contributed by atoms with E-state index in [0.29, 0.717) is 24.2 Å². The van der Waals surface area contributed by atoms with Crippen LogP contribution in [-0.4, -0.2) is 20.3 Å². The number of rotatable bonds is 5. The molecule has 1 rings (SSSR count). The minimum Gasteiger partial charge on any atom is -0.487 e. The molecule has 1 aromatic carbocycles. The molecule has 0 spiro atoms. The Morgan fingerprint density at radius 1 is 1.40 bits per heavy atom. The zero-order valence-electron chi connectivity index (χ0n) is 8.43. The normalized spacial score (nSPS) is 10.4. The number of methoxy groups -OCH3 is 1. The molecule has 0 amide bonds. The minimum absolute atomic E-state index is 0.198. The van der Waals surface area contributed by atoms with Crippen molar-refractivity contribution in [2.45, 2.75) is 6.54 Å². The van der Waals surface area contributed by atoms with Crippen molar-refractivity contribution in [1.29, 1.82) is 0 Å². The van der Waals surface area contributed by atoms with E-state index >= 15 is 0 Å². The predicted molar refractivity (Wildman–Crippen MR) is 59.4 cm³/mol. The molecule has 0 aliphatic rings. The molecular weight excluding hydrogens is 265 g/mol. The van der Waals surface area contributed by atoms with Crippen LogP contribution in [0.3, 0.4) is 0 Å². The molecule has 0 bridgehead atoms. The minimum atomic E-state index is -0.416. The lowest BCUT2D eigenvalue weighted by atomic mass is 10.2. The quantitative estimate of drug-likeness (QED) is 0.839. The highest BCUT2D eigenvalue weighted by molar-refractivity contribution is 9.10. The van der Waals surface area contributed by atoms with Crippen LogP contribution >= 0.6 is 15.9 Å². The molecular formula is C10H13BrFNO2. The topological polar surface area (TPSA) is 44.5 Å². The molecule has 5 heteroatoms. The van der Waals surface area contributed by atoms with Crippen molar-refractivity contribution in [3.63, 3.8) is 0 Å². The average Bonchev–Trinajstić information content (AvgIpc) is 2.22. The number of nitrogens with two attached hydrogens (primary N) is 1. The molecule has 84 valence electrons. The fraction of sp³-hybridized carbons (Fsp3) is 0.400. The molecule has 0 aliphatic heterocycles. The first-order valence-corrected chi connectivity index (χ1v) is 5.28. The van der Waals surface area contributed by atoms with Crippen LogP contribution in [0.2, 0.25) is 0 Å². The standard InChI is InChI=1S/C10H13BrFNO2/c1-14-2-3-15-10-8(11)4-7(6-13)5-9(10)12/h4-5H,2-3,6,13H2,1H3. The van der Waals surface area contributed by atoms with Gasteiger partial charge in [-0.2, -0.15) is 0 Å². The summed E-state index contributed by atoms with van der Waals surface area (Å²) in [7, 11) is 1.56. The van der Waals surface area contributed by atoms with Gasteiger partial charge >= 0.3 is 0 Å². The fourth-order valence-corrected chi connectivity index (χ4v) is 1.69. The second-order valence-electron chi connectivity index (χ2n) is 2.93. The third-order valence-electron chi connectivity index (χ3n) is 1.83. The van der Waals surface area contributed by atoms with Crippen LogP contribution in [-0.2, 0) is 11.3 Å². The van der Waals surface area contributed by atoms with Gasteiger partial charge < -0.3 is 15.2 Å². The van der Waals surface area contributed by atoms with E-state index in [1.165, 1.54) is 6.07 Å². The van der Waals surface area contributed by atoms with Crippen molar-refractivity contribution in [2.75, 3.05) is 20.3 Å². The van der Waals surface area contributed by atoms with Crippen molar-refractivity contribution in [2.24, 2.45) is 5.73 Å². The molecule has 15 heavy (non-hydrogen) atoms. The summed E-state index contributed by atoms with van der Waals surface area (Å²) in [5.74, 6) is -0.217. The van der Waals surface area contributed by atoms with Crippen LogP contribution in [0.15, 0.2) is 16.6 Å². The molecule has 0 saturated carbocycles. The lowest BCUT2D eigenvalue weighted by Crippen LogP contribution is -2.07. The summed E-state index contributed by atoms with van der Waals surface area (Å²) >= 11 is 3.23. The smallest absolute Gasteiger partial charge is 0.169 e. The van der Waals surface area contributed by atoms with Crippen molar-refractivity contribution in [3.05, 3.63) is 28.0 Å². The van der Waals surface area contributed by atoms with Crippen molar-refractivity contribution in [3.8, 4) is 5.75 Å². The molecule has 0 aliphatic carbocycles. The highest BCUT2D eigenvalue weighted by Crippen LogP contribution is 2.29. The Hall–Kier alpha value is -0.650. The molecule has 0 atom stereocenters. The maximum absolute atomic E-state index is 13.5. The lowest BCUT2D eigenvalue weighted by Gasteiger charge is -2.10. The number of benzene rings is 1. The largest absolute Gasteiger partial charge is 0.487 e. The highest BCUT2D eigenvalue weighted by atomic mass is 79.9. The van der Waals surface area contributed by atoms with E-state index < -0.39 is 5.82 Å². The average molecular weight is 278 g/mol. The molecule has 0 fully saturated rings. The number of halogens is 2. The maximum atomic E-state index is 13.5. The van der Waals surface area contributed by atoms with Crippen LogP contribution in [0.25, 0.3) is 0 Å². The van der Waals surface area contributed by atoms with Crippen LogP contribution in [0.1, 0.15) is 5.56 Å². The summed E-state index contributed by atoms with van der Waals surface area (Å²) in [6.45, 7) is 1.03. The van der Waals surface area contributed by atoms with E-state index in [4.69, 9.17) is 15.2 Å². The zero-order valence-corrected chi connectivity index (χ0v) is 10.0. The van der Waals surface area contributed by atoms with Gasteiger partial charge in [0.1, 0.15) is 6.61 Å². The van der Waals surface area contributed by atoms with E-state index in [1.807, 2.05) is 0 Å². The SMILES string of the molecule is COCCOc1c(F)cc(CN)cc1Br. The Labute approximate surface area is 96.5 Å². The fourth-order valence-electron chi connectivity index (χ4n) is 1.10. The summed E-state index contributed by atoms with van der Waals surface area (Å²) in [4.78, 5) is 0. The van der Waals surface area contributed by atoms with Crippen molar-refractivity contribution < 1.29 is 13.9 Å². The van der Waals surface area contributed by atoms with Gasteiger partial charge in [-0.25, -0.2) is 4.39 Å². The van der Waals surface area contributed by atoms with Gasteiger partial charge in [-0.1, -0.05) is 0 Å². The second-order valence-corrected chi connectivity index (χ2v) is 3.79. The van der Waals surface area contributed by atoms with Gasteiger partial charge in [-0.15, -0.1) is 0 Å². The second kappa shape index (κ2) is 6.05. The molecule has 0 aromatic heterocycles. The summed E-state index contributed by atoms with van der Waals surface area (Å²) < 4.78 is 24.1. The Balaban J connectivity index is 2.79. The summed E-state index contributed by atoms with van der Waals surface area (Å²) in [6.07, 6.45) is 0. The van der Waals surface area contributed by atoms with Crippen molar-refractivity contribution in [1.82, 2.24) is 0 Å². The van der Waals surface area contributed by atoms with E-state index in [1.54, 1.807) is 13.2 Å². The Morgan fingerprint density at radius 3 is 2.67 bits per heavy atom. The Bertz CT molecular complexity index is 310. The predicted octanol–water partition coefficient (Wildman–Crippen LogP) is 2.07. The molecule has 0 unspecified atom stereocenters. The van der Waals surface area contributed by atoms with Crippen LogP contribution in [0, 0.1) is 5.82 Å². The van der Waals surface area contributed by atoms with Gasteiger partial charge in [0.15, 0.2) is 11.6 Å². The third-order valence-corrected chi connectivity index (χ3v) is 2.42. The maximum Gasteiger partial charge on any atom is 0.169 e. The molecule has 2 N–H and O–H groups in total. The molecule has 0 heterocycles. The Kier molecular flexibility index (Phi) is 5.01. The number of hydrogen-bond acceptors (Lipinski definition) is 3. The van der Waals surface area contributed by atoms with E-state index in [9.17, 15) is 4.39 Å². The lowest BCUT2D eigenvalue weighted by molar-refractivity contribution is 0.143. The van der Waals surface area contributed by atoms with E-state index in [-0.39, 0.29) is 5.75 Å². The Morgan fingerprint density at radius 2 is 2.13 bits per heavy atom. The zero-order chi connectivity index (χ0) is 11.3. The first kappa shape index (κ1) is 12.4. The first-order chi connectivity index (χ1) is 7.19. The molecule has 0 saturated heterocycles. The highest BCUT2D eigenvalue weighted by Gasteiger charge is 2.09. The van der Waals surface area contributed by atoms with E-state index in [0.717, 1.165) is 5.56 Å². The van der Waals surface area contributed by atoms with Gasteiger partial charge in [-0.05, 0) is 33.6 Å². The molecule has 0 radical (unpaired) electrons. The van der Waals surface area contributed by atoms with Crippen LogP contribution < -0.4 is 10.5 Å². The number of ether oxygens (including phenoxy) is 2. The van der Waals surface area contributed by atoms with Crippen molar-refractivity contribution >= 4 is 15.9 Å². The molecule has 1 aromatic rings. The summed E-state index contributed by atoms with van der Waals surface area (Å²) in [5.41, 5.74) is 6.13. The first-order valence-electron chi connectivity index (χ1n) is 4.48. The summed E-state index contributed by atoms with van der Waals surface area (Å²) in [5, 5.41) is 0.